The highest BCUT2D eigenvalue weighted by Crippen LogP contribution is 2.22. The number of rotatable bonds is 6. The van der Waals surface area contributed by atoms with Crippen LogP contribution in [0.15, 0.2) is 35.3 Å². The second-order valence-electron chi connectivity index (χ2n) is 8.16. The Labute approximate surface area is 168 Å². The lowest BCUT2D eigenvalue weighted by atomic mass is 9.90. The Morgan fingerprint density at radius 1 is 1.18 bits per heavy atom. The fourth-order valence-electron chi connectivity index (χ4n) is 3.83. The predicted octanol–water partition coefficient (Wildman–Crippen LogP) is 2.01. The Morgan fingerprint density at radius 2 is 1.93 bits per heavy atom. The topological polar surface area (TPSA) is 57.2 Å². The highest BCUT2D eigenvalue weighted by atomic mass is 16.5. The third-order valence-corrected chi connectivity index (χ3v) is 5.72. The molecule has 2 heterocycles. The number of likely N-dealkylation sites (tertiary alicyclic amines) is 1. The summed E-state index contributed by atoms with van der Waals surface area (Å²) in [6.07, 6.45) is 4.55. The summed E-state index contributed by atoms with van der Waals surface area (Å²) in [4.78, 5) is 20.6. The van der Waals surface area contributed by atoms with Crippen molar-refractivity contribution in [2.45, 2.75) is 25.7 Å². The highest BCUT2D eigenvalue weighted by molar-refractivity contribution is 5.84. The molecule has 3 rings (SSSR count). The SMILES string of the molecule is CN(C)C(=O)CN=C(NCC1CCOC1)N1CCC(Cc2ccccc2)CC1. The Kier molecular flexibility index (Phi) is 7.71. The quantitative estimate of drug-likeness (QED) is 0.600. The van der Waals surface area contributed by atoms with Crippen molar-refractivity contribution in [3.63, 3.8) is 0 Å². The summed E-state index contributed by atoms with van der Waals surface area (Å²) >= 11 is 0. The summed E-state index contributed by atoms with van der Waals surface area (Å²) in [5, 5.41) is 3.52. The summed E-state index contributed by atoms with van der Waals surface area (Å²) in [5.74, 6) is 2.15. The Hall–Kier alpha value is -2.08. The molecule has 1 amide bonds. The number of likely N-dealkylation sites (N-methyl/N-ethyl adjacent to an activating group) is 1. The first-order valence-electron chi connectivity index (χ1n) is 10.5. The number of nitrogens with one attached hydrogen (secondary N) is 1. The number of guanidine groups is 1. The third kappa shape index (κ3) is 6.23. The molecule has 6 nitrogen and oxygen atoms in total. The standard InChI is InChI=1S/C22H34N4O2/c1-25(2)21(27)16-24-22(23-15-20-10-13-28-17-20)26-11-8-19(9-12-26)14-18-6-4-3-5-7-18/h3-7,19-20H,8-17H2,1-2H3,(H,23,24). The number of hydrogen-bond acceptors (Lipinski definition) is 3. The lowest BCUT2D eigenvalue weighted by Crippen LogP contribution is -2.47. The van der Waals surface area contributed by atoms with Gasteiger partial charge in [-0.1, -0.05) is 30.3 Å². The van der Waals surface area contributed by atoms with Crippen molar-refractivity contribution in [2.75, 3.05) is 53.5 Å². The number of ether oxygens (including phenoxy) is 1. The maximum Gasteiger partial charge on any atom is 0.243 e. The number of carbonyl (C=O) groups is 1. The van der Waals surface area contributed by atoms with Crippen LogP contribution in [-0.2, 0) is 16.0 Å². The van der Waals surface area contributed by atoms with Crippen LogP contribution in [0.4, 0.5) is 0 Å². The van der Waals surface area contributed by atoms with Crippen molar-refractivity contribution in [1.29, 1.82) is 0 Å². The summed E-state index contributed by atoms with van der Waals surface area (Å²) in [7, 11) is 3.55. The molecule has 1 aromatic carbocycles. The molecule has 2 aliphatic heterocycles. The molecule has 2 fully saturated rings. The molecule has 0 aromatic heterocycles. The highest BCUT2D eigenvalue weighted by Gasteiger charge is 2.23. The van der Waals surface area contributed by atoms with Crippen molar-refractivity contribution in [3.05, 3.63) is 35.9 Å². The van der Waals surface area contributed by atoms with Crippen molar-refractivity contribution in [2.24, 2.45) is 16.8 Å². The number of nitrogens with zero attached hydrogens (tertiary/aromatic N) is 3. The molecule has 0 saturated carbocycles. The van der Waals surface area contributed by atoms with Gasteiger partial charge in [0.15, 0.2) is 5.96 Å². The van der Waals surface area contributed by atoms with Crippen LogP contribution in [0.5, 0.6) is 0 Å². The summed E-state index contributed by atoms with van der Waals surface area (Å²) in [5.41, 5.74) is 1.42. The van der Waals surface area contributed by atoms with E-state index >= 15 is 0 Å². The van der Waals surface area contributed by atoms with E-state index in [1.807, 2.05) is 0 Å². The predicted molar refractivity (Wildman–Crippen MR) is 112 cm³/mol. The van der Waals surface area contributed by atoms with E-state index in [2.05, 4.69) is 45.5 Å². The summed E-state index contributed by atoms with van der Waals surface area (Å²) < 4.78 is 5.48. The molecular weight excluding hydrogens is 352 g/mol. The molecule has 1 N–H and O–H groups in total. The van der Waals surface area contributed by atoms with Crippen LogP contribution in [0.2, 0.25) is 0 Å². The molecule has 2 saturated heterocycles. The van der Waals surface area contributed by atoms with Gasteiger partial charge < -0.3 is 19.9 Å². The average molecular weight is 387 g/mol. The lowest BCUT2D eigenvalue weighted by molar-refractivity contribution is -0.127. The van der Waals surface area contributed by atoms with Gasteiger partial charge in [0, 0.05) is 46.3 Å². The minimum atomic E-state index is 0.0301. The molecule has 1 unspecified atom stereocenters. The van der Waals surface area contributed by atoms with Gasteiger partial charge in [0.05, 0.1) is 6.61 Å². The molecule has 28 heavy (non-hydrogen) atoms. The van der Waals surface area contributed by atoms with Gasteiger partial charge in [-0.25, -0.2) is 4.99 Å². The van der Waals surface area contributed by atoms with E-state index in [1.165, 1.54) is 5.56 Å². The van der Waals surface area contributed by atoms with E-state index in [1.54, 1.807) is 19.0 Å². The first kappa shape index (κ1) is 20.6. The lowest BCUT2D eigenvalue weighted by Gasteiger charge is -2.35. The van der Waals surface area contributed by atoms with Crippen molar-refractivity contribution in [3.8, 4) is 0 Å². The molecular formula is C22H34N4O2. The van der Waals surface area contributed by atoms with E-state index in [9.17, 15) is 4.79 Å². The number of piperidine rings is 1. The zero-order chi connectivity index (χ0) is 19.8. The molecule has 154 valence electrons. The van der Waals surface area contributed by atoms with E-state index in [4.69, 9.17) is 4.74 Å². The maximum absolute atomic E-state index is 12.0. The average Bonchev–Trinajstić information content (AvgIpc) is 3.23. The van der Waals surface area contributed by atoms with Crippen LogP contribution in [0.3, 0.4) is 0 Å². The van der Waals surface area contributed by atoms with Gasteiger partial charge in [0.25, 0.3) is 0 Å². The van der Waals surface area contributed by atoms with Crippen molar-refractivity contribution >= 4 is 11.9 Å². The second-order valence-corrected chi connectivity index (χ2v) is 8.16. The minimum Gasteiger partial charge on any atom is -0.381 e. The van der Waals surface area contributed by atoms with Gasteiger partial charge in [-0.05, 0) is 37.2 Å². The summed E-state index contributed by atoms with van der Waals surface area (Å²) in [6.45, 7) is 4.69. The normalized spacial score (nSPS) is 21.0. The van der Waals surface area contributed by atoms with Gasteiger partial charge in [0.1, 0.15) is 6.54 Å². The molecule has 0 aliphatic carbocycles. The third-order valence-electron chi connectivity index (χ3n) is 5.72. The van der Waals surface area contributed by atoms with Crippen LogP contribution in [0.1, 0.15) is 24.8 Å². The van der Waals surface area contributed by atoms with Crippen LogP contribution >= 0.6 is 0 Å². The Bertz CT molecular complexity index is 633. The van der Waals surface area contributed by atoms with Gasteiger partial charge in [-0.2, -0.15) is 0 Å². The van der Waals surface area contributed by atoms with Gasteiger partial charge in [-0.15, -0.1) is 0 Å². The van der Waals surface area contributed by atoms with Gasteiger partial charge in [0.2, 0.25) is 5.91 Å². The van der Waals surface area contributed by atoms with Crippen LogP contribution in [-0.4, -0.2) is 75.2 Å². The van der Waals surface area contributed by atoms with Crippen LogP contribution < -0.4 is 5.32 Å². The number of carbonyl (C=O) groups excluding carboxylic acids is 1. The fourth-order valence-corrected chi connectivity index (χ4v) is 3.83. The van der Waals surface area contributed by atoms with E-state index in [-0.39, 0.29) is 12.5 Å². The van der Waals surface area contributed by atoms with Crippen LogP contribution in [0.25, 0.3) is 0 Å². The Morgan fingerprint density at radius 3 is 2.57 bits per heavy atom. The largest absolute Gasteiger partial charge is 0.381 e. The van der Waals surface area contributed by atoms with Gasteiger partial charge >= 0.3 is 0 Å². The smallest absolute Gasteiger partial charge is 0.243 e. The van der Waals surface area contributed by atoms with Crippen LogP contribution in [0, 0.1) is 11.8 Å². The fraction of sp³-hybridized carbons (Fsp3) is 0.636. The first-order chi connectivity index (χ1) is 13.6. The number of hydrogen-bond donors (Lipinski definition) is 1. The van der Waals surface area contributed by atoms with E-state index in [0.717, 1.165) is 64.5 Å². The molecule has 6 heteroatoms. The van der Waals surface area contributed by atoms with Crippen molar-refractivity contribution < 1.29 is 9.53 Å². The number of benzene rings is 1. The Balaban J connectivity index is 1.54. The second kappa shape index (κ2) is 10.5. The zero-order valence-electron chi connectivity index (χ0n) is 17.3. The minimum absolute atomic E-state index is 0.0301. The molecule has 0 bridgehead atoms. The number of amides is 1. The maximum atomic E-state index is 12.0. The molecule has 0 radical (unpaired) electrons. The van der Waals surface area contributed by atoms with E-state index in [0.29, 0.717) is 11.8 Å². The van der Waals surface area contributed by atoms with Gasteiger partial charge in [-0.3, -0.25) is 4.79 Å². The molecule has 0 spiro atoms. The molecule has 1 aromatic rings. The number of aliphatic imine (C=N–C) groups is 1. The van der Waals surface area contributed by atoms with Crippen molar-refractivity contribution in [1.82, 2.24) is 15.1 Å². The first-order valence-corrected chi connectivity index (χ1v) is 10.5. The molecule has 1 atom stereocenters. The monoisotopic (exact) mass is 386 g/mol. The summed E-state index contributed by atoms with van der Waals surface area (Å²) in [6, 6.07) is 10.8. The zero-order valence-corrected chi connectivity index (χ0v) is 17.3. The molecule has 2 aliphatic rings. The van der Waals surface area contributed by atoms with E-state index < -0.39 is 0 Å².